The van der Waals surface area contributed by atoms with Crippen LogP contribution in [-0.4, -0.2) is 13.1 Å². The smallest absolute Gasteiger partial charge is 0.129 e. The van der Waals surface area contributed by atoms with E-state index in [0.29, 0.717) is 12.5 Å². The van der Waals surface area contributed by atoms with Crippen molar-refractivity contribution in [2.75, 3.05) is 7.05 Å². The van der Waals surface area contributed by atoms with Gasteiger partial charge in [0.15, 0.2) is 0 Å². The first kappa shape index (κ1) is 15.1. The zero-order valence-corrected chi connectivity index (χ0v) is 11.7. The Bertz CT molecular complexity index is 362. The molecule has 1 aromatic carbocycles. The Kier molecular flexibility index (Phi) is 5.27. The molecule has 1 nitrogen and oxygen atoms in total. The summed E-state index contributed by atoms with van der Waals surface area (Å²) < 4.78 is 26.9. The van der Waals surface area contributed by atoms with Crippen molar-refractivity contribution in [2.45, 2.75) is 46.1 Å². The average Bonchev–Trinajstić information content (AvgIpc) is 2.26. The molecule has 0 saturated heterocycles. The highest BCUT2D eigenvalue weighted by molar-refractivity contribution is 5.19. The lowest BCUT2D eigenvalue weighted by molar-refractivity contribution is 0.263. The Balaban J connectivity index is 2.56. The molecule has 0 aliphatic rings. The molecule has 1 atom stereocenters. The second kappa shape index (κ2) is 6.28. The normalized spacial score (nSPS) is 13.7. The Morgan fingerprint density at radius 2 is 1.72 bits per heavy atom. The fourth-order valence-corrected chi connectivity index (χ4v) is 2.26. The van der Waals surface area contributed by atoms with E-state index in [1.165, 1.54) is 18.2 Å². The molecule has 3 heteroatoms. The SMILES string of the molecule is CNC(CCCc1c(F)cccc1F)C(C)(C)C. The van der Waals surface area contributed by atoms with Crippen molar-refractivity contribution < 1.29 is 8.78 Å². The van der Waals surface area contributed by atoms with Crippen LogP contribution in [0.4, 0.5) is 8.78 Å². The monoisotopic (exact) mass is 255 g/mol. The molecule has 0 aliphatic carbocycles. The molecule has 0 fully saturated rings. The van der Waals surface area contributed by atoms with Crippen molar-refractivity contribution >= 4 is 0 Å². The molecule has 1 N–H and O–H groups in total. The van der Waals surface area contributed by atoms with Gasteiger partial charge >= 0.3 is 0 Å². The third kappa shape index (κ3) is 4.05. The Hall–Kier alpha value is -0.960. The summed E-state index contributed by atoms with van der Waals surface area (Å²) in [4.78, 5) is 0. The number of rotatable bonds is 5. The van der Waals surface area contributed by atoms with Crippen molar-refractivity contribution in [2.24, 2.45) is 5.41 Å². The molecule has 1 rings (SSSR count). The predicted molar refractivity (Wildman–Crippen MR) is 71.6 cm³/mol. The van der Waals surface area contributed by atoms with Gasteiger partial charge in [-0.3, -0.25) is 0 Å². The highest BCUT2D eigenvalue weighted by Gasteiger charge is 2.22. The standard InChI is InChI=1S/C15H23F2N/c1-15(2,3)14(18-4)10-5-7-11-12(16)8-6-9-13(11)17/h6,8-9,14,18H,5,7,10H2,1-4H3. The minimum Gasteiger partial charge on any atom is -0.316 e. The van der Waals surface area contributed by atoms with Crippen LogP contribution >= 0.6 is 0 Å². The van der Waals surface area contributed by atoms with Crippen LogP contribution in [-0.2, 0) is 6.42 Å². The van der Waals surface area contributed by atoms with Gasteiger partial charge in [0.2, 0.25) is 0 Å². The largest absolute Gasteiger partial charge is 0.316 e. The molecular formula is C15H23F2N. The van der Waals surface area contributed by atoms with E-state index in [-0.39, 0.29) is 11.0 Å². The van der Waals surface area contributed by atoms with Crippen molar-refractivity contribution in [3.63, 3.8) is 0 Å². The molecule has 1 unspecified atom stereocenters. The molecule has 0 spiro atoms. The average molecular weight is 255 g/mol. The molecule has 0 aromatic heterocycles. The zero-order chi connectivity index (χ0) is 13.8. The van der Waals surface area contributed by atoms with Crippen LogP contribution in [0.3, 0.4) is 0 Å². The topological polar surface area (TPSA) is 12.0 Å². The summed E-state index contributed by atoms with van der Waals surface area (Å²) in [5.74, 6) is -0.876. The molecular weight excluding hydrogens is 232 g/mol. The van der Waals surface area contributed by atoms with Gasteiger partial charge in [0, 0.05) is 11.6 Å². The van der Waals surface area contributed by atoms with Gasteiger partial charge in [-0.05, 0) is 43.9 Å². The summed E-state index contributed by atoms with van der Waals surface area (Å²) >= 11 is 0. The maximum atomic E-state index is 13.4. The van der Waals surface area contributed by atoms with E-state index in [4.69, 9.17) is 0 Å². The van der Waals surface area contributed by atoms with Crippen molar-refractivity contribution in [3.8, 4) is 0 Å². The highest BCUT2D eigenvalue weighted by Crippen LogP contribution is 2.24. The summed E-state index contributed by atoms with van der Waals surface area (Å²) in [6.45, 7) is 6.49. The van der Waals surface area contributed by atoms with Crippen LogP contribution in [0.25, 0.3) is 0 Å². The van der Waals surface area contributed by atoms with Gasteiger partial charge in [-0.15, -0.1) is 0 Å². The molecule has 0 aliphatic heterocycles. The Morgan fingerprint density at radius 3 is 2.17 bits per heavy atom. The summed E-state index contributed by atoms with van der Waals surface area (Å²) in [6, 6.07) is 4.39. The van der Waals surface area contributed by atoms with Crippen LogP contribution in [0.2, 0.25) is 0 Å². The van der Waals surface area contributed by atoms with Crippen LogP contribution in [0.15, 0.2) is 18.2 Å². The molecule has 18 heavy (non-hydrogen) atoms. The van der Waals surface area contributed by atoms with Crippen LogP contribution in [0, 0.1) is 17.0 Å². The van der Waals surface area contributed by atoms with Crippen LogP contribution in [0.5, 0.6) is 0 Å². The second-order valence-electron chi connectivity index (χ2n) is 5.80. The Morgan fingerprint density at radius 1 is 1.17 bits per heavy atom. The van der Waals surface area contributed by atoms with E-state index in [1.54, 1.807) is 0 Å². The fourth-order valence-electron chi connectivity index (χ4n) is 2.26. The van der Waals surface area contributed by atoms with Gasteiger partial charge in [-0.25, -0.2) is 8.78 Å². The minimum absolute atomic E-state index is 0.155. The van der Waals surface area contributed by atoms with Gasteiger partial charge in [-0.1, -0.05) is 26.8 Å². The van der Waals surface area contributed by atoms with E-state index in [0.717, 1.165) is 12.8 Å². The number of hydrogen-bond donors (Lipinski definition) is 1. The van der Waals surface area contributed by atoms with E-state index < -0.39 is 11.6 Å². The van der Waals surface area contributed by atoms with E-state index in [9.17, 15) is 8.78 Å². The Labute approximate surface area is 109 Å². The molecule has 0 amide bonds. The minimum atomic E-state index is -0.438. The fraction of sp³-hybridized carbons (Fsp3) is 0.600. The number of nitrogens with one attached hydrogen (secondary N) is 1. The van der Waals surface area contributed by atoms with Crippen LogP contribution in [0.1, 0.15) is 39.2 Å². The zero-order valence-electron chi connectivity index (χ0n) is 11.7. The van der Waals surface area contributed by atoms with E-state index in [1.807, 2.05) is 7.05 Å². The number of hydrogen-bond acceptors (Lipinski definition) is 1. The van der Waals surface area contributed by atoms with E-state index in [2.05, 4.69) is 26.1 Å². The van der Waals surface area contributed by atoms with Gasteiger partial charge in [0.1, 0.15) is 11.6 Å². The van der Waals surface area contributed by atoms with Gasteiger partial charge in [0.05, 0.1) is 0 Å². The maximum Gasteiger partial charge on any atom is 0.129 e. The summed E-state index contributed by atoms with van der Waals surface area (Å²) in [6.07, 6.45) is 2.14. The third-order valence-electron chi connectivity index (χ3n) is 3.38. The lowest BCUT2D eigenvalue weighted by Crippen LogP contribution is -2.37. The summed E-state index contributed by atoms with van der Waals surface area (Å²) in [5, 5.41) is 3.27. The molecule has 1 aromatic rings. The quantitative estimate of drug-likeness (QED) is 0.841. The highest BCUT2D eigenvalue weighted by atomic mass is 19.1. The van der Waals surface area contributed by atoms with E-state index >= 15 is 0 Å². The van der Waals surface area contributed by atoms with Crippen molar-refractivity contribution in [1.82, 2.24) is 5.32 Å². The first-order valence-electron chi connectivity index (χ1n) is 6.46. The first-order chi connectivity index (χ1) is 8.36. The number of benzene rings is 1. The van der Waals surface area contributed by atoms with Crippen LogP contribution < -0.4 is 5.32 Å². The number of halogens is 2. The molecule has 102 valence electrons. The molecule has 0 saturated carbocycles. The molecule has 0 bridgehead atoms. The lowest BCUT2D eigenvalue weighted by atomic mass is 9.83. The molecule has 0 heterocycles. The van der Waals surface area contributed by atoms with Gasteiger partial charge in [-0.2, -0.15) is 0 Å². The van der Waals surface area contributed by atoms with Gasteiger partial charge < -0.3 is 5.32 Å². The van der Waals surface area contributed by atoms with Crippen molar-refractivity contribution in [3.05, 3.63) is 35.4 Å². The first-order valence-corrected chi connectivity index (χ1v) is 6.46. The third-order valence-corrected chi connectivity index (χ3v) is 3.38. The lowest BCUT2D eigenvalue weighted by Gasteiger charge is -2.30. The maximum absolute atomic E-state index is 13.4. The van der Waals surface area contributed by atoms with Crippen molar-refractivity contribution in [1.29, 1.82) is 0 Å². The summed E-state index contributed by atoms with van der Waals surface area (Å²) in [5.41, 5.74) is 0.365. The predicted octanol–water partition coefficient (Wildman–Crippen LogP) is 3.92. The second-order valence-corrected chi connectivity index (χ2v) is 5.80. The molecule has 0 radical (unpaired) electrons. The summed E-state index contributed by atoms with van der Waals surface area (Å²) in [7, 11) is 1.93. The van der Waals surface area contributed by atoms with Gasteiger partial charge in [0.25, 0.3) is 0 Å².